The number of ketones is 2. The lowest BCUT2D eigenvalue weighted by Gasteiger charge is -2.26. The average molecular weight is 450 g/mol. The maximum Gasteiger partial charge on any atom is 0.269 e. The van der Waals surface area contributed by atoms with Gasteiger partial charge in [-0.05, 0) is 18.1 Å². The fourth-order valence-electron chi connectivity index (χ4n) is 4.13. The number of hydrogen-bond acceptors (Lipinski definition) is 4. The Kier molecular flexibility index (Phi) is 6.74. The molecule has 5 heteroatoms. The number of hydrogen-bond donors (Lipinski definition) is 0. The molecule has 5 nitrogen and oxygen atoms in total. The van der Waals surface area contributed by atoms with Crippen LogP contribution < -0.4 is 0 Å². The third-order valence-corrected chi connectivity index (χ3v) is 5.91. The van der Waals surface area contributed by atoms with Crippen molar-refractivity contribution in [2.24, 2.45) is 0 Å². The summed E-state index contributed by atoms with van der Waals surface area (Å²) in [6, 6.07) is 31.2. The topological polar surface area (TPSA) is 77.3 Å². The van der Waals surface area contributed by atoms with E-state index >= 15 is 0 Å². The van der Waals surface area contributed by atoms with Gasteiger partial charge in [-0.3, -0.25) is 19.7 Å². The Labute approximate surface area is 197 Å². The number of carbonyl (C=O) groups excluding carboxylic acids is 2. The van der Waals surface area contributed by atoms with Crippen LogP contribution in [-0.2, 0) is 0 Å². The van der Waals surface area contributed by atoms with Crippen molar-refractivity contribution in [1.82, 2.24) is 0 Å². The largest absolute Gasteiger partial charge is 0.293 e. The number of benzene rings is 4. The van der Waals surface area contributed by atoms with Crippen molar-refractivity contribution in [1.29, 1.82) is 0 Å². The number of nitrogens with zero attached hydrogens (tertiary/aromatic N) is 1. The van der Waals surface area contributed by atoms with E-state index in [0.717, 1.165) is 5.56 Å². The Morgan fingerprint density at radius 2 is 1.00 bits per heavy atom. The molecule has 0 aliphatic carbocycles. The molecule has 0 spiro atoms. The van der Waals surface area contributed by atoms with Gasteiger partial charge in [-0.25, -0.2) is 0 Å². The van der Waals surface area contributed by atoms with E-state index in [-0.39, 0.29) is 17.3 Å². The maximum absolute atomic E-state index is 13.9. The van der Waals surface area contributed by atoms with Gasteiger partial charge >= 0.3 is 0 Å². The lowest BCUT2D eigenvalue weighted by Crippen LogP contribution is -2.27. The van der Waals surface area contributed by atoms with Crippen molar-refractivity contribution in [3.05, 3.63) is 147 Å². The molecule has 0 fully saturated rings. The molecule has 34 heavy (non-hydrogen) atoms. The zero-order valence-electron chi connectivity index (χ0n) is 18.6. The van der Waals surface area contributed by atoms with E-state index in [9.17, 15) is 19.7 Å². The minimum absolute atomic E-state index is 0.0732. The van der Waals surface area contributed by atoms with Crippen molar-refractivity contribution >= 4 is 17.3 Å². The third kappa shape index (κ3) is 4.84. The van der Waals surface area contributed by atoms with Crippen LogP contribution in [0.25, 0.3) is 0 Å². The molecular weight excluding hydrogens is 426 g/mol. The molecular formula is C29H23NO4. The highest BCUT2D eigenvalue weighted by Gasteiger charge is 2.37. The number of nitro benzene ring substituents is 1. The number of nitro groups is 1. The van der Waals surface area contributed by atoms with E-state index < -0.39 is 16.8 Å². The summed E-state index contributed by atoms with van der Waals surface area (Å²) in [4.78, 5) is 38.5. The van der Waals surface area contributed by atoms with Gasteiger partial charge in [0.2, 0.25) is 0 Å². The standard InChI is InChI=1S/C29H23NO4/c1-20-12-14-21(15-13-20)26(28(31)23-8-4-2-5-9-23)27(29(32)24-10-6-3-7-11-24)22-16-18-25(19-17-22)30(33)34/h2-19,26-27H,1H3. The summed E-state index contributed by atoms with van der Waals surface area (Å²) in [7, 11) is 0. The molecule has 0 amide bonds. The van der Waals surface area contributed by atoms with Gasteiger partial charge in [0, 0.05) is 23.3 Å². The number of non-ortho nitro benzene ring substituents is 1. The molecule has 2 unspecified atom stereocenters. The van der Waals surface area contributed by atoms with Crippen LogP contribution in [0.1, 0.15) is 49.2 Å². The third-order valence-electron chi connectivity index (χ3n) is 5.91. The number of Topliss-reactive ketones (excluding diaryl/α,β-unsaturated/α-hetero) is 2. The summed E-state index contributed by atoms with van der Waals surface area (Å²) < 4.78 is 0. The molecule has 4 aromatic rings. The maximum atomic E-state index is 13.9. The van der Waals surface area contributed by atoms with Gasteiger partial charge in [0.05, 0.1) is 16.8 Å². The van der Waals surface area contributed by atoms with Crippen LogP contribution in [0.2, 0.25) is 0 Å². The first-order valence-electron chi connectivity index (χ1n) is 10.9. The van der Waals surface area contributed by atoms with Gasteiger partial charge in [-0.2, -0.15) is 0 Å². The van der Waals surface area contributed by atoms with Crippen molar-refractivity contribution in [2.75, 3.05) is 0 Å². The Morgan fingerprint density at radius 3 is 1.38 bits per heavy atom. The molecule has 4 aromatic carbocycles. The molecule has 0 aliphatic rings. The normalized spacial score (nSPS) is 12.5. The summed E-state index contributed by atoms with van der Waals surface area (Å²) in [5, 5.41) is 11.2. The van der Waals surface area contributed by atoms with Crippen molar-refractivity contribution < 1.29 is 14.5 Å². The molecule has 4 rings (SSSR count). The van der Waals surface area contributed by atoms with Crippen molar-refractivity contribution in [3.8, 4) is 0 Å². The molecule has 2 atom stereocenters. The van der Waals surface area contributed by atoms with Crippen LogP contribution in [0.3, 0.4) is 0 Å². The summed E-state index contributed by atoms with van der Waals surface area (Å²) in [6.45, 7) is 1.96. The SMILES string of the molecule is Cc1ccc(C(C(=O)c2ccccc2)C(C(=O)c2ccccc2)c2ccc([N+](=O)[O-])cc2)cc1. The van der Waals surface area contributed by atoms with E-state index in [1.807, 2.05) is 43.3 Å². The minimum Gasteiger partial charge on any atom is -0.293 e. The molecule has 0 aliphatic heterocycles. The zero-order valence-corrected chi connectivity index (χ0v) is 18.6. The zero-order chi connectivity index (χ0) is 24.1. The van der Waals surface area contributed by atoms with Crippen LogP contribution in [0, 0.1) is 17.0 Å². The van der Waals surface area contributed by atoms with E-state index in [4.69, 9.17) is 0 Å². The van der Waals surface area contributed by atoms with Crippen molar-refractivity contribution in [3.63, 3.8) is 0 Å². The lowest BCUT2D eigenvalue weighted by atomic mass is 9.73. The van der Waals surface area contributed by atoms with Gasteiger partial charge in [0.25, 0.3) is 5.69 Å². The van der Waals surface area contributed by atoms with E-state index in [1.165, 1.54) is 12.1 Å². The first-order chi connectivity index (χ1) is 16.5. The Hall–Kier alpha value is -4.38. The van der Waals surface area contributed by atoms with Crippen LogP contribution in [0.5, 0.6) is 0 Å². The molecule has 0 bridgehead atoms. The highest BCUT2D eigenvalue weighted by molar-refractivity contribution is 6.09. The second-order valence-electron chi connectivity index (χ2n) is 8.18. The van der Waals surface area contributed by atoms with Gasteiger partial charge < -0.3 is 0 Å². The Morgan fingerprint density at radius 1 is 0.618 bits per heavy atom. The summed E-state index contributed by atoms with van der Waals surface area (Å²) in [5.74, 6) is -2.07. The predicted octanol–water partition coefficient (Wildman–Crippen LogP) is 6.54. The van der Waals surface area contributed by atoms with Gasteiger partial charge in [-0.1, -0.05) is 103 Å². The van der Waals surface area contributed by atoms with Gasteiger partial charge in [0.15, 0.2) is 11.6 Å². The quantitative estimate of drug-likeness (QED) is 0.174. The molecule has 0 heterocycles. The Balaban J connectivity index is 1.91. The lowest BCUT2D eigenvalue weighted by molar-refractivity contribution is -0.384. The van der Waals surface area contributed by atoms with Crippen LogP contribution in [-0.4, -0.2) is 16.5 Å². The second kappa shape index (κ2) is 10.0. The fraction of sp³-hybridized carbons (Fsp3) is 0.103. The van der Waals surface area contributed by atoms with E-state index in [2.05, 4.69) is 0 Å². The number of carbonyl (C=O) groups is 2. The summed E-state index contributed by atoms with van der Waals surface area (Å²) in [6.07, 6.45) is 0. The predicted molar refractivity (Wildman–Crippen MR) is 131 cm³/mol. The monoisotopic (exact) mass is 449 g/mol. The smallest absolute Gasteiger partial charge is 0.269 e. The van der Waals surface area contributed by atoms with E-state index in [1.54, 1.807) is 60.7 Å². The first-order valence-corrected chi connectivity index (χ1v) is 10.9. The first kappa shape index (κ1) is 22.8. The summed E-state index contributed by atoms with van der Waals surface area (Å²) in [5.41, 5.74) is 3.21. The van der Waals surface area contributed by atoms with Crippen LogP contribution in [0.15, 0.2) is 109 Å². The molecule has 0 aromatic heterocycles. The molecule has 0 saturated carbocycles. The average Bonchev–Trinajstić information content (AvgIpc) is 2.88. The highest BCUT2D eigenvalue weighted by atomic mass is 16.6. The second-order valence-corrected chi connectivity index (χ2v) is 8.18. The fourth-order valence-corrected chi connectivity index (χ4v) is 4.13. The summed E-state index contributed by atoms with van der Waals surface area (Å²) >= 11 is 0. The number of rotatable bonds is 8. The van der Waals surface area contributed by atoms with Crippen molar-refractivity contribution in [2.45, 2.75) is 18.8 Å². The Bertz CT molecular complexity index is 1300. The van der Waals surface area contributed by atoms with Crippen LogP contribution >= 0.6 is 0 Å². The minimum atomic E-state index is -0.862. The highest BCUT2D eigenvalue weighted by Crippen LogP contribution is 2.39. The number of aryl methyl sites for hydroxylation is 1. The van der Waals surface area contributed by atoms with Crippen LogP contribution in [0.4, 0.5) is 5.69 Å². The molecule has 0 radical (unpaired) electrons. The van der Waals surface area contributed by atoms with E-state index in [0.29, 0.717) is 22.3 Å². The molecule has 168 valence electrons. The molecule has 0 saturated heterocycles. The van der Waals surface area contributed by atoms with Gasteiger partial charge in [0.1, 0.15) is 0 Å². The van der Waals surface area contributed by atoms with Gasteiger partial charge in [-0.15, -0.1) is 0 Å². The molecule has 0 N–H and O–H groups in total.